The third-order valence-corrected chi connectivity index (χ3v) is 3.36. The van der Waals surface area contributed by atoms with Gasteiger partial charge in [-0.15, -0.1) is 0 Å². The second kappa shape index (κ2) is 5.55. The number of halogens is 1. The van der Waals surface area contributed by atoms with E-state index in [0.717, 1.165) is 5.39 Å². The zero-order valence-electron chi connectivity index (χ0n) is 11.0. The summed E-state index contributed by atoms with van der Waals surface area (Å²) in [6, 6.07) is 10.3. The molecule has 0 saturated carbocycles. The minimum Gasteiger partial charge on any atom is -0.455 e. The normalized spacial score (nSPS) is 10.8. The lowest BCUT2D eigenvalue weighted by Crippen LogP contribution is -2.11. The molecule has 0 fully saturated rings. The Labute approximate surface area is 125 Å². The third kappa shape index (κ3) is 2.61. The van der Waals surface area contributed by atoms with E-state index in [0.29, 0.717) is 22.0 Å². The summed E-state index contributed by atoms with van der Waals surface area (Å²) in [5.41, 5.74) is 6.72. The summed E-state index contributed by atoms with van der Waals surface area (Å²) in [7, 11) is 0. The Morgan fingerprint density at radius 2 is 2.14 bits per heavy atom. The molecule has 3 aromatic rings. The van der Waals surface area contributed by atoms with E-state index < -0.39 is 0 Å². The number of furan rings is 1. The highest BCUT2D eigenvalue weighted by Crippen LogP contribution is 2.28. The molecule has 3 rings (SSSR count). The van der Waals surface area contributed by atoms with Crippen molar-refractivity contribution in [2.45, 2.75) is 6.54 Å². The summed E-state index contributed by atoms with van der Waals surface area (Å²) in [6.45, 7) is 0.251. The zero-order chi connectivity index (χ0) is 14.8. The molecule has 5 nitrogen and oxygen atoms in total. The second-order valence-electron chi connectivity index (χ2n) is 4.42. The predicted molar refractivity (Wildman–Crippen MR) is 81.3 cm³/mol. The van der Waals surface area contributed by atoms with Gasteiger partial charge in [-0.2, -0.15) is 0 Å². The minimum absolute atomic E-state index is 0.211. The topological polar surface area (TPSA) is 81.2 Å². The van der Waals surface area contributed by atoms with E-state index in [1.54, 1.807) is 36.5 Å². The first-order chi connectivity index (χ1) is 10.2. The molecule has 6 heteroatoms. The van der Waals surface area contributed by atoms with Gasteiger partial charge in [0.05, 0.1) is 22.8 Å². The summed E-state index contributed by atoms with van der Waals surface area (Å²) in [6.07, 6.45) is 1.65. The molecule has 2 aromatic heterocycles. The van der Waals surface area contributed by atoms with Crippen LogP contribution in [0.15, 0.2) is 47.0 Å². The number of pyridine rings is 1. The number of nitrogens with one attached hydrogen (secondary N) is 1. The van der Waals surface area contributed by atoms with Gasteiger partial charge in [0.15, 0.2) is 5.76 Å². The van der Waals surface area contributed by atoms with Crippen molar-refractivity contribution in [3.8, 4) is 0 Å². The minimum atomic E-state index is -0.345. The van der Waals surface area contributed by atoms with Crippen molar-refractivity contribution in [2.75, 3.05) is 5.32 Å². The first-order valence-electron chi connectivity index (χ1n) is 6.32. The number of fused-ring (bicyclic) bond motifs is 1. The smallest absolute Gasteiger partial charge is 0.291 e. The van der Waals surface area contributed by atoms with Gasteiger partial charge in [0, 0.05) is 11.6 Å². The van der Waals surface area contributed by atoms with Crippen LogP contribution in [0.4, 0.5) is 5.69 Å². The van der Waals surface area contributed by atoms with Gasteiger partial charge in [-0.3, -0.25) is 9.78 Å². The lowest BCUT2D eigenvalue weighted by Gasteiger charge is -2.08. The van der Waals surface area contributed by atoms with Crippen LogP contribution in [0.1, 0.15) is 16.3 Å². The Hall–Kier alpha value is -2.37. The van der Waals surface area contributed by atoms with Crippen LogP contribution in [-0.2, 0) is 6.54 Å². The molecule has 0 unspecified atom stereocenters. The van der Waals surface area contributed by atoms with Crippen LogP contribution < -0.4 is 11.1 Å². The van der Waals surface area contributed by atoms with Crippen molar-refractivity contribution in [2.24, 2.45) is 5.73 Å². The number of anilines is 1. The Morgan fingerprint density at radius 1 is 1.29 bits per heavy atom. The molecule has 0 saturated heterocycles. The number of aromatic nitrogens is 1. The van der Waals surface area contributed by atoms with Crippen LogP contribution in [0.3, 0.4) is 0 Å². The van der Waals surface area contributed by atoms with Gasteiger partial charge in [0.2, 0.25) is 0 Å². The van der Waals surface area contributed by atoms with E-state index >= 15 is 0 Å². The summed E-state index contributed by atoms with van der Waals surface area (Å²) in [5, 5.41) is 4.10. The Balaban J connectivity index is 1.95. The number of benzene rings is 1. The summed E-state index contributed by atoms with van der Waals surface area (Å²) in [5.74, 6) is 0.424. The van der Waals surface area contributed by atoms with Crippen molar-refractivity contribution in [3.63, 3.8) is 0 Å². The number of hydrogen-bond acceptors (Lipinski definition) is 4. The maximum absolute atomic E-state index is 12.2. The lowest BCUT2D eigenvalue weighted by atomic mass is 10.2. The monoisotopic (exact) mass is 301 g/mol. The third-order valence-electron chi connectivity index (χ3n) is 3.06. The molecule has 3 N–H and O–H groups in total. The van der Waals surface area contributed by atoms with Gasteiger partial charge < -0.3 is 15.5 Å². The number of hydrogen-bond donors (Lipinski definition) is 2. The molecular formula is C15H12ClN3O2. The molecule has 0 aliphatic rings. The van der Waals surface area contributed by atoms with Crippen molar-refractivity contribution < 1.29 is 9.21 Å². The second-order valence-corrected chi connectivity index (χ2v) is 4.83. The van der Waals surface area contributed by atoms with Crippen molar-refractivity contribution in [1.29, 1.82) is 0 Å². The maximum Gasteiger partial charge on any atom is 0.291 e. The molecule has 1 amide bonds. The number of carbonyl (C=O) groups is 1. The Bertz CT molecular complexity index is 814. The van der Waals surface area contributed by atoms with E-state index in [-0.39, 0.29) is 18.2 Å². The molecular weight excluding hydrogens is 290 g/mol. The predicted octanol–water partition coefficient (Wildman–Crippen LogP) is 3.19. The fourth-order valence-corrected chi connectivity index (χ4v) is 2.25. The average molecular weight is 302 g/mol. The molecule has 0 spiro atoms. The number of nitrogens with zero attached hydrogens (tertiary/aromatic N) is 1. The van der Waals surface area contributed by atoms with Crippen LogP contribution in [0.2, 0.25) is 5.02 Å². The Kier molecular flexibility index (Phi) is 3.60. The quantitative estimate of drug-likeness (QED) is 0.778. The van der Waals surface area contributed by atoms with Crippen LogP contribution in [0.25, 0.3) is 10.9 Å². The summed E-state index contributed by atoms with van der Waals surface area (Å²) >= 11 is 6.10. The molecule has 2 heterocycles. The largest absolute Gasteiger partial charge is 0.455 e. The van der Waals surface area contributed by atoms with E-state index in [2.05, 4.69) is 10.3 Å². The van der Waals surface area contributed by atoms with Crippen molar-refractivity contribution in [1.82, 2.24) is 4.98 Å². The molecule has 0 aliphatic heterocycles. The molecule has 0 bridgehead atoms. The van der Waals surface area contributed by atoms with Gasteiger partial charge in [-0.05, 0) is 36.4 Å². The van der Waals surface area contributed by atoms with Crippen molar-refractivity contribution >= 4 is 34.1 Å². The molecule has 1 aromatic carbocycles. The first-order valence-corrected chi connectivity index (χ1v) is 6.70. The van der Waals surface area contributed by atoms with Gasteiger partial charge in [0.1, 0.15) is 5.76 Å². The molecule has 0 radical (unpaired) electrons. The lowest BCUT2D eigenvalue weighted by molar-refractivity contribution is 0.0995. The molecule has 0 aliphatic carbocycles. The number of rotatable bonds is 3. The van der Waals surface area contributed by atoms with Crippen LogP contribution >= 0.6 is 11.6 Å². The van der Waals surface area contributed by atoms with E-state index in [1.807, 2.05) is 6.07 Å². The van der Waals surface area contributed by atoms with Gasteiger partial charge in [-0.1, -0.05) is 11.6 Å². The number of carbonyl (C=O) groups excluding carboxylic acids is 1. The van der Waals surface area contributed by atoms with Gasteiger partial charge >= 0.3 is 0 Å². The van der Waals surface area contributed by atoms with Gasteiger partial charge in [0.25, 0.3) is 5.91 Å². The maximum atomic E-state index is 12.2. The van der Waals surface area contributed by atoms with Gasteiger partial charge in [-0.25, -0.2) is 0 Å². The fourth-order valence-electron chi connectivity index (χ4n) is 2.04. The van der Waals surface area contributed by atoms with Crippen molar-refractivity contribution in [3.05, 3.63) is 59.1 Å². The van der Waals surface area contributed by atoms with E-state index in [9.17, 15) is 4.79 Å². The summed E-state index contributed by atoms with van der Waals surface area (Å²) in [4.78, 5) is 16.4. The number of amides is 1. The highest BCUT2D eigenvalue weighted by atomic mass is 35.5. The first kappa shape index (κ1) is 13.6. The van der Waals surface area contributed by atoms with E-state index in [1.165, 1.54) is 0 Å². The standard InChI is InChI=1S/C15H12ClN3O2/c16-11-4-5-12(10-2-1-7-18-14(10)11)19-15(20)13-6-3-9(8-17)21-13/h1-7H,8,17H2,(H,19,20). The SMILES string of the molecule is NCc1ccc(C(=O)Nc2ccc(Cl)c3ncccc23)o1. The van der Waals surface area contributed by atoms with Crippen LogP contribution in [0, 0.1) is 0 Å². The van der Waals surface area contributed by atoms with Crippen LogP contribution in [0.5, 0.6) is 0 Å². The van der Waals surface area contributed by atoms with E-state index in [4.69, 9.17) is 21.8 Å². The highest BCUT2D eigenvalue weighted by Gasteiger charge is 2.13. The fraction of sp³-hybridized carbons (Fsp3) is 0.0667. The van der Waals surface area contributed by atoms with Crippen LogP contribution in [-0.4, -0.2) is 10.9 Å². The average Bonchev–Trinajstić information content (AvgIpc) is 2.99. The molecule has 106 valence electrons. The molecule has 21 heavy (non-hydrogen) atoms. The highest BCUT2D eigenvalue weighted by molar-refractivity contribution is 6.35. The summed E-state index contributed by atoms with van der Waals surface area (Å²) < 4.78 is 5.32. The zero-order valence-corrected chi connectivity index (χ0v) is 11.7. The Morgan fingerprint density at radius 3 is 2.90 bits per heavy atom. The molecule has 0 atom stereocenters. The number of nitrogens with two attached hydrogens (primary N) is 1.